The lowest BCUT2D eigenvalue weighted by molar-refractivity contribution is 0.221. The predicted molar refractivity (Wildman–Crippen MR) is 148 cm³/mol. The van der Waals surface area contributed by atoms with Gasteiger partial charge in [-0.25, -0.2) is 9.79 Å². The van der Waals surface area contributed by atoms with Crippen LogP contribution in [0.5, 0.6) is 5.75 Å². The van der Waals surface area contributed by atoms with Gasteiger partial charge in [0.1, 0.15) is 18.1 Å². The Hall–Kier alpha value is -4.33. The maximum absolute atomic E-state index is 12.3. The number of nitrogens with one attached hydrogen (secondary N) is 2. The molecule has 7 nitrogen and oxygen atoms in total. The van der Waals surface area contributed by atoms with Crippen molar-refractivity contribution in [2.24, 2.45) is 4.99 Å². The molecule has 0 aromatic heterocycles. The summed E-state index contributed by atoms with van der Waals surface area (Å²) in [6.07, 6.45) is -0.943. The molecule has 186 valence electrons. The average molecular weight is 513 g/mol. The lowest BCUT2D eigenvalue weighted by atomic mass is 10.1. The molecule has 1 atom stereocenters. The van der Waals surface area contributed by atoms with Gasteiger partial charge in [0, 0.05) is 22.9 Å². The first-order valence-electron chi connectivity index (χ1n) is 11.8. The number of ether oxygens (including phenoxy) is 1. The summed E-state index contributed by atoms with van der Waals surface area (Å²) < 4.78 is 5.86. The lowest BCUT2D eigenvalue weighted by Crippen LogP contribution is -2.45. The molecule has 0 fully saturated rings. The van der Waals surface area contributed by atoms with Gasteiger partial charge in [0.05, 0.1) is 11.4 Å². The molecule has 0 saturated heterocycles. The first-order chi connectivity index (χ1) is 18.0. The highest BCUT2D eigenvalue weighted by Crippen LogP contribution is 2.35. The second kappa shape index (κ2) is 11.2. The molecule has 0 aliphatic carbocycles. The molecule has 5 rings (SSSR count). The van der Waals surface area contributed by atoms with Gasteiger partial charge in [-0.15, -0.1) is 0 Å². The van der Waals surface area contributed by atoms with Crippen molar-refractivity contribution in [3.63, 3.8) is 0 Å². The number of hydrogen-bond acceptors (Lipinski definition) is 5. The van der Waals surface area contributed by atoms with Crippen molar-refractivity contribution in [2.75, 3.05) is 22.1 Å². The fraction of sp³-hybridized carbons (Fsp3) is 0.103. The van der Waals surface area contributed by atoms with Crippen molar-refractivity contribution >= 4 is 46.1 Å². The highest BCUT2D eigenvalue weighted by Gasteiger charge is 2.28. The first kappa shape index (κ1) is 24.4. The van der Waals surface area contributed by atoms with E-state index >= 15 is 0 Å². The zero-order valence-corrected chi connectivity index (χ0v) is 20.6. The van der Waals surface area contributed by atoms with Crippen LogP contribution in [0.25, 0.3) is 0 Å². The predicted octanol–water partition coefficient (Wildman–Crippen LogP) is 6.47. The third-order valence-corrected chi connectivity index (χ3v) is 6.10. The largest absolute Gasteiger partial charge is 0.487 e. The summed E-state index contributed by atoms with van der Waals surface area (Å²) in [4.78, 5) is 18.9. The van der Waals surface area contributed by atoms with Gasteiger partial charge < -0.3 is 25.4 Å². The minimum absolute atomic E-state index is 0.168. The number of aliphatic imine (C=N–C) groups is 1. The standard InChI is InChI=1S/C29H25ClN4O3/c30-21-12-16-23(17-13-21)32-29(36)31-22-14-10-20(11-15-22)18-34-27-9-5-4-8-25(27)33-26(28(34)35)19-37-24-6-2-1-3-7-24/h1-17,28,35H,18-19H2,(H2,31,32,36). The normalized spacial score (nSPS) is 14.4. The Kier molecular flexibility index (Phi) is 7.35. The second-order valence-corrected chi connectivity index (χ2v) is 8.91. The van der Waals surface area contributed by atoms with Crippen LogP contribution in [0.15, 0.2) is 108 Å². The van der Waals surface area contributed by atoms with Crippen molar-refractivity contribution in [1.29, 1.82) is 0 Å². The Morgan fingerprint density at radius 1 is 0.865 bits per heavy atom. The summed E-state index contributed by atoms with van der Waals surface area (Å²) in [5.41, 5.74) is 4.39. The number of carbonyl (C=O) groups excluding carboxylic acids is 1. The number of aliphatic hydroxyl groups excluding tert-OH is 1. The molecular formula is C29H25ClN4O3. The van der Waals surface area contributed by atoms with Gasteiger partial charge >= 0.3 is 6.03 Å². The van der Waals surface area contributed by atoms with Gasteiger partial charge in [0.2, 0.25) is 0 Å². The van der Waals surface area contributed by atoms with Crippen LogP contribution in [-0.4, -0.2) is 29.7 Å². The number of carbonyl (C=O) groups is 1. The van der Waals surface area contributed by atoms with E-state index in [0.29, 0.717) is 34.4 Å². The van der Waals surface area contributed by atoms with Gasteiger partial charge in [-0.05, 0) is 66.2 Å². The average Bonchev–Trinajstić information content (AvgIpc) is 2.92. The number of hydrogen-bond donors (Lipinski definition) is 3. The van der Waals surface area contributed by atoms with E-state index in [0.717, 1.165) is 16.9 Å². The Morgan fingerprint density at radius 3 is 2.19 bits per heavy atom. The minimum Gasteiger partial charge on any atom is -0.487 e. The van der Waals surface area contributed by atoms with Crippen LogP contribution in [0.3, 0.4) is 0 Å². The fourth-order valence-corrected chi connectivity index (χ4v) is 4.12. The molecule has 1 unspecified atom stereocenters. The number of urea groups is 1. The number of fused-ring (bicyclic) bond motifs is 1. The van der Waals surface area contributed by atoms with Crippen molar-refractivity contribution < 1.29 is 14.6 Å². The molecule has 1 heterocycles. The summed E-state index contributed by atoms with van der Waals surface area (Å²) in [6, 6.07) is 31.2. The molecule has 37 heavy (non-hydrogen) atoms. The van der Waals surface area contributed by atoms with Gasteiger partial charge in [-0.1, -0.05) is 54.1 Å². The van der Waals surface area contributed by atoms with Gasteiger partial charge in [-0.3, -0.25) is 0 Å². The van der Waals surface area contributed by atoms with E-state index in [1.165, 1.54) is 0 Å². The molecule has 2 amide bonds. The number of halogens is 1. The first-order valence-corrected chi connectivity index (χ1v) is 12.1. The summed E-state index contributed by atoms with van der Waals surface area (Å²) in [5.74, 6) is 0.714. The molecule has 0 saturated carbocycles. The zero-order valence-electron chi connectivity index (χ0n) is 19.8. The second-order valence-electron chi connectivity index (χ2n) is 8.48. The summed E-state index contributed by atoms with van der Waals surface area (Å²) in [7, 11) is 0. The van der Waals surface area contributed by atoms with Gasteiger partial charge in [0.15, 0.2) is 6.23 Å². The number of benzene rings is 4. The molecule has 0 spiro atoms. The van der Waals surface area contributed by atoms with E-state index in [2.05, 4.69) is 15.6 Å². The van der Waals surface area contributed by atoms with E-state index in [1.54, 1.807) is 24.3 Å². The highest BCUT2D eigenvalue weighted by molar-refractivity contribution is 6.30. The third kappa shape index (κ3) is 6.09. The van der Waals surface area contributed by atoms with Crippen LogP contribution < -0.4 is 20.3 Å². The van der Waals surface area contributed by atoms with E-state index in [1.807, 2.05) is 83.8 Å². The molecule has 0 bridgehead atoms. The fourth-order valence-electron chi connectivity index (χ4n) is 3.99. The van der Waals surface area contributed by atoms with Crippen molar-refractivity contribution in [3.8, 4) is 5.75 Å². The van der Waals surface area contributed by atoms with Crippen LogP contribution in [0.2, 0.25) is 5.02 Å². The number of anilines is 3. The van der Waals surface area contributed by atoms with Crippen molar-refractivity contribution in [1.82, 2.24) is 0 Å². The number of nitrogens with zero attached hydrogens (tertiary/aromatic N) is 2. The topological polar surface area (TPSA) is 86.2 Å². The number of aliphatic hydroxyl groups is 1. The molecular weight excluding hydrogens is 488 g/mol. The summed E-state index contributed by atoms with van der Waals surface area (Å²) in [6.45, 7) is 0.612. The Balaban J connectivity index is 1.26. The molecule has 3 N–H and O–H groups in total. The van der Waals surface area contributed by atoms with Crippen LogP contribution in [-0.2, 0) is 6.54 Å². The van der Waals surface area contributed by atoms with E-state index < -0.39 is 6.23 Å². The quantitative estimate of drug-likeness (QED) is 0.265. The number of amides is 2. The Bertz CT molecular complexity index is 1390. The van der Waals surface area contributed by atoms with Gasteiger partial charge in [0.25, 0.3) is 0 Å². The van der Waals surface area contributed by atoms with E-state index in [4.69, 9.17) is 16.3 Å². The SMILES string of the molecule is O=C(Nc1ccc(Cl)cc1)Nc1ccc(CN2c3ccccc3N=C(COc3ccccc3)C2O)cc1. The van der Waals surface area contributed by atoms with Crippen LogP contribution in [0.4, 0.5) is 27.5 Å². The van der Waals surface area contributed by atoms with Crippen LogP contribution in [0, 0.1) is 0 Å². The molecule has 1 aliphatic rings. The Morgan fingerprint density at radius 2 is 1.49 bits per heavy atom. The maximum Gasteiger partial charge on any atom is 0.323 e. The van der Waals surface area contributed by atoms with E-state index in [9.17, 15) is 9.90 Å². The molecule has 0 radical (unpaired) electrons. The number of rotatable bonds is 7. The zero-order chi connectivity index (χ0) is 25.6. The monoisotopic (exact) mass is 512 g/mol. The summed E-state index contributed by atoms with van der Waals surface area (Å²) >= 11 is 5.89. The highest BCUT2D eigenvalue weighted by atomic mass is 35.5. The number of para-hydroxylation sites is 3. The third-order valence-electron chi connectivity index (χ3n) is 5.85. The van der Waals surface area contributed by atoms with Crippen molar-refractivity contribution in [3.05, 3.63) is 114 Å². The molecule has 4 aromatic rings. The smallest absolute Gasteiger partial charge is 0.323 e. The summed E-state index contributed by atoms with van der Waals surface area (Å²) in [5, 5.41) is 17.4. The molecule has 1 aliphatic heterocycles. The van der Waals surface area contributed by atoms with E-state index in [-0.39, 0.29) is 12.6 Å². The van der Waals surface area contributed by atoms with Crippen LogP contribution in [0.1, 0.15) is 5.56 Å². The van der Waals surface area contributed by atoms with Crippen molar-refractivity contribution in [2.45, 2.75) is 12.8 Å². The Labute approximate surface area is 220 Å². The van der Waals surface area contributed by atoms with Crippen LogP contribution >= 0.6 is 11.6 Å². The maximum atomic E-state index is 12.3. The van der Waals surface area contributed by atoms with Gasteiger partial charge in [-0.2, -0.15) is 0 Å². The molecule has 4 aromatic carbocycles. The molecule has 8 heteroatoms. The minimum atomic E-state index is -0.943. The lowest BCUT2D eigenvalue weighted by Gasteiger charge is -2.35.